The van der Waals surface area contributed by atoms with Crippen molar-refractivity contribution < 1.29 is 31.4 Å². The van der Waals surface area contributed by atoms with Crippen LogP contribution in [0.25, 0.3) is 0 Å². The number of benzene rings is 1. The van der Waals surface area contributed by atoms with Crippen LogP contribution < -0.4 is 5.32 Å². The number of aliphatic hydroxyl groups excluding tert-OH is 1. The highest BCUT2D eigenvalue weighted by Gasteiger charge is 2.38. The van der Waals surface area contributed by atoms with Gasteiger partial charge in [-0.05, 0) is 12.1 Å². The zero-order valence-corrected chi connectivity index (χ0v) is 8.15. The van der Waals surface area contributed by atoms with Crippen LogP contribution in [0.1, 0.15) is 0 Å². The summed E-state index contributed by atoms with van der Waals surface area (Å²) in [4.78, 5) is 0. The average Bonchev–Trinajstić information content (AvgIpc) is 2.23. The van der Waals surface area contributed by atoms with Gasteiger partial charge in [0.15, 0.2) is 23.6 Å². The van der Waals surface area contributed by atoms with Crippen LogP contribution in [-0.2, 0) is 0 Å². The molecule has 1 aromatic rings. The maximum Gasteiger partial charge on any atom is 0.416 e. The molecule has 2 nitrogen and oxygen atoms in total. The first-order valence-corrected chi connectivity index (χ1v) is 4.35. The van der Waals surface area contributed by atoms with Crippen LogP contribution in [0.5, 0.6) is 0 Å². The summed E-state index contributed by atoms with van der Waals surface area (Å²) in [6.07, 6.45) is -7.60. The van der Waals surface area contributed by atoms with Crippen LogP contribution >= 0.6 is 0 Å². The summed E-state index contributed by atoms with van der Waals surface area (Å²) in [5.41, 5.74) is -0.660. The van der Waals surface area contributed by atoms with Gasteiger partial charge in [-0.3, -0.25) is 0 Å². The number of hydrogen-bond donors (Lipinski definition) is 2. The monoisotopic (exact) mass is 259 g/mol. The lowest BCUT2D eigenvalue weighted by molar-refractivity contribution is -0.198. The van der Waals surface area contributed by atoms with E-state index >= 15 is 0 Å². The maximum absolute atomic E-state index is 13.0. The second kappa shape index (κ2) is 4.82. The van der Waals surface area contributed by atoms with E-state index in [1.807, 2.05) is 5.32 Å². The number of alkyl halides is 3. The van der Waals surface area contributed by atoms with Gasteiger partial charge < -0.3 is 10.4 Å². The molecule has 96 valence electrons. The lowest BCUT2D eigenvalue weighted by atomic mass is 10.2. The van der Waals surface area contributed by atoms with E-state index in [4.69, 9.17) is 5.11 Å². The first-order valence-electron chi connectivity index (χ1n) is 4.35. The molecule has 1 unspecified atom stereocenters. The van der Waals surface area contributed by atoms with Gasteiger partial charge in [-0.25, -0.2) is 13.2 Å². The van der Waals surface area contributed by atoms with Crippen molar-refractivity contribution in [3.05, 3.63) is 29.6 Å². The van der Waals surface area contributed by atoms with Gasteiger partial charge in [-0.1, -0.05) is 0 Å². The van der Waals surface area contributed by atoms with Gasteiger partial charge in [-0.2, -0.15) is 13.2 Å². The first-order chi connectivity index (χ1) is 7.73. The number of aliphatic hydroxyl groups is 1. The van der Waals surface area contributed by atoms with E-state index in [1.165, 1.54) is 0 Å². The van der Waals surface area contributed by atoms with Crippen molar-refractivity contribution in [2.45, 2.75) is 12.3 Å². The fraction of sp³-hybridized carbons (Fsp3) is 0.333. The zero-order chi connectivity index (χ0) is 13.2. The molecule has 8 heteroatoms. The molecule has 0 radical (unpaired) electrons. The molecule has 1 aromatic carbocycles. The molecule has 1 rings (SSSR count). The van der Waals surface area contributed by atoms with Crippen LogP contribution in [0, 0.1) is 17.5 Å². The Bertz CT molecular complexity index is 405. The Balaban J connectivity index is 2.74. The van der Waals surface area contributed by atoms with Crippen molar-refractivity contribution in [3.8, 4) is 0 Å². The molecule has 0 amide bonds. The molecule has 0 bridgehead atoms. The summed E-state index contributed by atoms with van der Waals surface area (Å²) in [5.74, 6) is -4.89. The van der Waals surface area contributed by atoms with Gasteiger partial charge in [-0.15, -0.1) is 0 Å². The minimum Gasteiger partial charge on any atom is -0.382 e. The summed E-state index contributed by atoms with van der Waals surface area (Å²) < 4.78 is 73.8. The van der Waals surface area contributed by atoms with Crippen LogP contribution in [0.4, 0.5) is 32.0 Å². The molecule has 17 heavy (non-hydrogen) atoms. The molecule has 0 fully saturated rings. The normalized spacial score (nSPS) is 13.6. The molecule has 0 aliphatic carbocycles. The maximum atomic E-state index is 13.0. The number of nitrogens with one attached hydrogen (secondary N) is 1. The first kappa shape index (κ1) is 13.6. The van der Waals surface area contributed by atoms with Crippen LogP contribution in [0.2, 0.25) is 0 Å². The Kier molecular flexibility index (Phi) is 3.87. The second-order valence-corrected chi connectivity index (χ2v) is 3.16. The van der Waals surface area contributed by atoms with Crippen molar-refractivity contribution in [1.82, 2.24) is 0 Å². The summed E-state index contributed by atoms with van der Waals surface area (Å²) in [6, 6.07) is 1.29. The summed E-state index contributed by atoms with van der Waals surface area (Å²) in [7, 11) is 0. The molecule has 0 heterocycles. The van der Waals surface area contributed by atoms with E-state index in [1.54, 1.807) is 0 Å². The van der Waals surface area contributed by atoms with E-state index < -0.39 is 42.0 Å². The Labute approximate surface area is 91.9 Å². The molecule has 0 spiro atoms. The SMILES string of the molecule is OC(CNc1ccc(F)c(F)c1F)C(F)(F)F. The predicted molar refractivity (Wildman–Crippen MR) is 46.9 cm³/mol. The number of rotatable bonds is 3. The summed E-state index contributed by atoms with van der Waals surface area (Å²) in [5, 5.41) is 10.4. The van der Waals surface area contributed by atoms with E-state index in [-0.39, 0.29) is 0 Å². The third kappa shape index (κ3) is 3.26. The molecule has 1 atom stereocenters. The minimum absolute atomic E-state index is 0.556. The smallest absolute Gasteiger partial charge is 0.382 e. The fourth-order valence-electron chi connectivity index (χ4n) is 0.985. The Morgan fingerprint density at radius 2 is 1.71 bits per heavy atom. The number of hydrogen-bond acceptors (Lipinski definition) is 2. The number of anilines is 1. The molecule has 0 saturated carbocycles. The van der Waals surface area contributed by atoms with E-state index in [2.05, 4.69) is 0 Å². The fourth-order valence-corrected chi connectivity index (χ4v) is 0.985. The third-order valence-corrected chi connectivity index (χ3v) is 1.90. The van der Waals surface area contributed by atoms with Crippen molar-refractivity contribution in [2.75, 3.05) is 11.9 Å². The highest BCUT2D eigenvalue weighted by molar-refractivity contribution is 5.45. The second-order valence-electron chi connectivity index (χ2n) is 3.16. The lowest BCUT2D eigenvalue weighted by Crippen LogP contribution is -2.35. The van der Waals surface area contributed by atoms with Gasteiger partial charge in [0.05, 0.1) is 5.69 Å². The van der Waals surface area contributed by atoms with Crippen molar-refractivity contribution in [3.63, 3.8) is 0 Å². The molecule has 0 aromatic heterocycles. The third-order valence-electron chi connectivity index (χ3n) is 1.90. The van der Waals surface area contributed by atoms with Crippen LogP contribution in [0.3, 0.4) is 0 Å². The molecular formula is C9H7F6NO. The Morgan fingerprint density at radius 1 is 1.12 bits per heavy atom. The molecule has 0 saturated heterocycles. The zero-order valence-electron chi connectivity index (χ0n) is 8.15. The van der Waals surface area contributed by atoms with Gasteiger partial charge in [0.1, 0.15) is 0 Å². The van der Waals surface area contributed by atoms with Crippen LogP contribution in [-0.4, -0.2) is 23.9 Å². The van der Waals surface area contributed by atoms with Crippen molar-refractivity contribution >= 4 is 5.69 Å². The standard InChI is InChI=1S/C9H7F6NO/c10-4-1-2-5(8(12)7(4)11)16-3-6(17)9(13,14)15/h1-2,6,16-17H,3H2. The topological polar surface area (TPSA) is 32.3 Å². The van der Waals surface area contributed by atoms with E-state index in [9.17, 15) is 26.3 Å². The van der Waals surface area contributed by atoms with Crippen LogP contribution in [0.15, 0.2) is 12.1 Å². The Hall–Kier alpha value is -1.44. The highest BCUT2D eigenvalue weighted by atomic mass is 19.4. The van der Waals surface area contributed by atoms with E-state index in [0.717, 1.165) is 6.07 Å². The van der Waals surface area contributed by atoms with Gasteiger partial charge >= 0.3 is 6.18 Å². The van der Waals surface area contributed by atoms with Crippen molar-refractivity contribution in [1.29, 1.82) is 0 Å². The number of halogens is 6. The molecule has 2 N–H and O–H groups in total. The lowest BCUT2D eigenvalue weighted by Gasteiger charge is -2.16. The predicted octanol–water partition coefficient (Wildman–Crippen LogP) is 2.44. The van der Waals surface area contributed by atoms with Gasteiger partial charge in [0.25, 0.3) is 0 Å². The quantitative estimate of drug-likeness (QED) is 0.645. The largest absolute Gasteiger partial charge is 0.416 e. The average molecular weight is 259 g/mol. The van der Waals surface area contributed by atoms with Gasteiger partial charge in [0, 0.05) is 6.54 Å². The van der Waals surface area contributed by atoms with E-state index in [0.29, 0.717) is 6.07 Å². The summed E-state index contributed by atoms with van der Waals surface area (Å²) >= 11 is 0. The molecular weight excluding hydrogens is 252 g/mol. The highest BCUT2D eigenvalue weighted by Crippen LogP contribution is 2.23. The minimum atomic E-state index is -4.87. The molecule has 0 aliphatic rings. The van der Waals surface area contributed by atoms with Crippen molar-refractivity contribution in [2.24, 2.45) is 0 Å². The molecule has 0 aliphatic heterocycles. The Morgan fingerprint density at radius 3 is 2.24 bits per heavy atom. The van der Waals surface area contributed by atoms with Gasteiger partial charge in [0.2, 0.25) is 0 Å². The summed E-state index contributed by atoms with van der Waals surface area (Å²) in [6.45, 7) is -1.06.